The highest BCUT2D eigenvalue weighted by Crippen LogP contribution is 2.36. The number of carbonyl (C=O) groups excluding carboxylic acids is 1. The third-order valence-corrected chi connectivity index (χ3v) is 6.38. The summed E-state index contributed by atoms with van der Waals surface area (Å²) in [6, 6.07) is 10.1. The molecule has 1 fully saturated rings. The number of thiazole rings is 1. The van der Waals surface area contributed by atoms with Gasteiger partial charge in [-0.15, -0.1) is 11.3 Å². The molecule has 25 heavy (non-hydrogen) atoms. The Morgan fingerprint density at radius 2 is 2.24 bits per heavy atom. The number of aromatic nitrogens is 1. The molecule has 3 aromatic rings. The molecule has 7 heteroatoms. The van der Waals surface area contributed by atoms with E-state index in [9.17, 15) is 4.79 Å². The van der Waals surface area contributed by atoms with Gasteiger partial charge >= 0.3 is 0 Å². The van der Waals surface area contributed by atoms with Crippen LogP contribution in [0.15, 0.2) is 35.7 Å². The van der Waals surface area contributed by atoms with Crippen molar-refractivity contribution in [2.75, 3.05) is 31.6 Å². The number of para-hydroxylation sites is 1. The molecule has 130 valence electrons. The maximum atomic E-state index is 12.2. The van der Waals surface area contributed by atoms with Crippen molar-refractivity contribution in [3.63, 3.8) is 0 Å². The first-order valence-corrected chi connectivity index (χ1v) is 9.93. The lowest BCUT2D eigenvalue weighted by atomic mass is 10.00. The van der Waals surface area contributed by atoms with Gasteiger partial charge in [-0.2, -0.15) is 0 Å². The van der Waals surface area contributed by atoms with Gasteiger partial charge in [-0.1, -0.05) is 23.5 Å². The molecular weight excluding hydrogens is 354 g/mol. The van der Waals surface area contributed by atoms with Crippen LogP contribution in [0.5, 0.6) is 5.75 Å². The second-order valence-corrected chi connectivity index (χ2v) is 8.07. The SMILES string of the molecule is COc1cccc2sc(N3CC(C(=O)NCCc4cccs4)C3)nc12. The topological polar surface area (TPSA) is 54.5 Å². The monoisotopic (exact) mass is 373 g/mol. The molecule has 2 aromatic heterocycles. The summed E-state index contributed by atoms with van der Waals surface area (Å²) in [6.07, 6.45) is 0.900. The number of rotatable bonds is 6. The van der Waals surface area contributed by atoms with Crippen LogP contribution < -0.4 is 15.0 Å². The Morgan fingerprint density at radius 1 is 1.36 bits per heavy atom. The van der Waals surface area contributed by atoms with Crippen LogP contribution in [-0.2, 0) is 11.2 Å². The molecule has 1 aliphatic heterocycles. The first kappa shape index (κ1) is 16.4. The lowest BCUT2D eigenvalue weighted by molar-refractivity contribution is -0.125. The molecule has 0 saturated carbocycles. The molecule has 3 heterocycles. The van der Waals surface area contributed by atoms with Gasteiger partial charge in [-0.3, -0.25) is 4.79 Å². The third-order valence-electron chi connectivity index (χ3n) is 4.36. The summed E-state index contributed by atoms with van der Waals surface area (Å²) >= 11 is 3.37. The number of fused-ring (bicyclic) bond motifs is 1. The fourth-order valence-corrected chi connectivity index (χ4v) is 4.63. The van der Waals surface area contributed by atoms with Crippen LogP contribution in [-0.4, -0.2) is 37.6 Å². The van der Waals surface area contributed by atoms with Gasteiger partial charge in [0.1, 0.15) is 11.3 Å². The van der Waals surface area contributed by atoms with Gasteiger partial charge in [-0.05, 0) is 30.0 Å². The van der Waals surface area contributed by atoms with E-state index in [4.69, 9.17) is 4.74 Å². The van der Waals surface area contributed by atoms with Crippen molar-refractivity contribution in [3.8, 4) is 5.75 Å². The number of nitrogens with one attached hydrogen (secondary N) is 1. The normalized spacial score (nSPS) is 14.5. The van der Waals surface area contributed by atoms with E-state index >= 15 is 0 Å². The van der Waals surface area contributed by atoms with Crippen molar-refractivity contribution in [3.05, 3.63) is 40.6 Å². The van der Waals surface area contributed by atoms with E-state index in [2.05, 4.69) is 26.6 Å². The zero-order valence-electron chi connectivity index (χ0n) is 13.9. The third kappa shape index (κ3) is 3.34. The molecule has 1 N–H and O–H groups in total. The Hall–Kier alpha value is -2.12. The van der Waals surface area contributed by atoms with Gasteiger partial charge in [0, 0.05) is 24.5 Å². The zero-order chi connectivity index (χ0) is 17.2. The average molecular weight is 374 g/mol. The molecule has 0 bridgehead atoms. The molecule has 0 unspecified atom stereocenters. The number of hydrogen-bond acceptors (Lipinski definition) is 6. The van der Waals surface area contributed by atoms with E-state index in [1.165, 1.54) is 4.88 Å². The highest BCUT2D eigenvalue weighted by Gasteiger charge is 2.34. The minimum absolute atomic E-state index is 0.0530. The minimum atomic E-state index is 0.0530. The van der Waals surface area contributed by atoms with Crippen molar-refractivity contribution < 1.29 is 9.53 Å². The van der Waals surface area contributed by atoms with E-state index in [1.54, 1.807) is 29.8 Å². The molecule has 1 saturated heterocycles. The van der Waals surface area contributed by atoms with Crippen molar-refractivity contribution in [1.29, 1.82) is 0 Å². The van der Waals surface area contributed by atoms with Crippen LogP contribution in [0.2, 0.25) is 0 Å². The van der Waals surface area contributed by atoms with Gasteiger partial charge in [0.15, 0.2) is 5.13 Å². The number of hydrogen-bond donors (Lipinski definition) is 1. The number of benzene rings is 1. The van der Waals surface area contributed by atoms with E-state index in [0.717, 1.165) is 40.6 Å². The largest absolute Gasteiger partial charge is 0.494 e. The van der Waals surface area contributed by atoms with Gasteiger partial charge in [0.2, 0.25) is 5.91 Å². The molecule has 0 atom stereocenters. The van der Waals surface area contributed by atoms with Crippen molar-refractivity contribution in [2.45, 2.75) is 6.42 Å². The second kappa shape index (κ2) is 7.01. The fourth-order valence-electron chi connectivity index (χ4n) is 2.92. The Bertz CT molecular complexity index is 870. The van der Waals surface area contributed by atoms with Gasteiger partial charge < -0.3 is 15.0 Å². The quantitative estimate of drug-likeness (QED) is 0.721. The molecule has 4 rings (SSSR count). The standard InChI is InChI=1S/C18H19N3O2S2/c1-23-14-5-2-6-15-16(14)20-18(25-15)21-10-12(11-21)17(22)19-8-7-13-4-3-9-24-13/h2-6,9,12H,7-8,10-11H2,1H3,(H,19,22). The van der Waals surface area contributed by atoms with E-state index in [1.807, 2.05) is 24.3 Å². The summed E-state index contributed by atoms with van der Waals surface area (Å²) in [6.45, 7) is 2.16. The number of carbonyl (C=O) groups is 1. The Balaban J connectivity index is 1.31. The first-order valence-electron chi connectivity index (χ1n) is 8.23. The number of anilines is 1. The van der Waals surface area contributed by atoms with Crippen LogP contribution in [0.4, 0.5) is 5.13 Å². The molecule has 0 aliphatic carbocycles. The summed E-state index contributed by atoms with van der Waals surface area (Å²) in [7, 11) is 1.66. The summed E-state index contributed by atoms with van der Waals surface area (Å²) < 4.78 is 6.48. The van der Waals surface area contributed by atoms with Crippen molar-refractivity contribution in [2.24, 2.45) is 5.92 Å². The maximum absolute atomic E-state index is 12.2. The second-order valence-electron chi connectivity index (χ2n) is 6.03. The number of nitrogens with zero attached hydrogens (tertiary/aromatic N) is 2. The summed E-state index contributed by atoms with van der Waals surface area (Å²) in [5.74, 6) is 0.993. The number of methoxy groups -OCH3 is 1. The smallest absolute Gasteiger partial charge is 0.226 e. The Labute approximate surface area is 154 Å². The highest BCUT2D eigenvalue weighted by molar-refractivity contribution is 7.22. The molecule has 5 nitrogen and oxygen atoms in total. The lowest BCUT2D eigenvalue weighted by Gasteiger charge is -2.37. The number of ether oxygens (including phenoxy) is 1. The minimum Gasteiger partial charge on any atom is -0.494 e. The van der Waals surface area contributed by atoms with E-state index in [0.29, 0.717) is 6.54 Å². The van der Waals surface area contributed by atoms with E-state index in [-0.39, 0.29) is 11.8 Å². The van der Waals surface area contributed by atoms with Crippen LogP contribution in [0.3, 0.4) is 0 Å². The van der Waals surface area contributed by atoms with Gasteiger partial charge in [-0.25, -0.2) is 4.98 Å². The van der Waals surface area contributed by atoms with Crippen LogP contribution in [0.25, 0.3) is 10.2 Å². The zero-order valence-corrected chi connectivity index (χ0v) is 15.5. The number of amides is 1. The van der Waals surface area contributed by atoms with Crippen LogP contribution in [0, 0.1) is 5.92 Å². The number of thiophene rings is 1. The lowest BCUT2D eigenvalue weighted by Crippen LogP contribution is -2.54. The Morgan fingerprint density at radius 3 is 3.00 bits per heavy atom. The van der Waals surface area contributed by atoms with Gasteiger partial charge in [0.25, 0.3) is 0 Å². The van der Waals surface area contributed by atoms with Gasteiger partial charge in [0.05, 0.1) is 17.7 Å². The predicted molar refractivity (Wildman–Crippen MR) is 103 cm³/mol. The Kier molecular flexibility index (Phi) is 4.59. The van der Waals surface area contributed by atoms with Crippen LogP contribution >= 0.6 is 22.7 Å². The molecule has 1 amide bonds. The summed E-state index contributed by atoms with van der Waals surface area (Å²) in [5.41, 5.74) is 0.897. The first-order chi connectivity index (χ1) is 12.2. The van der Waals surface area contributed by atoms with Crippen molar-refractivity contribution >= 4 is 43.9 Å². The van der Waals surface area contributed by atoms with E-state index < -0.39 is 0 Å². The highest BCUT2D eigenvalue weighted by atomic mass is 32.1. The predicted octanol–water partition coefficient (Wildman–Crippen LogP) is 3.16. The molecule has 1 aromatic carbocycles. The average Bonchev–Trinajstić information content (AvgIpc) is 3.22. The molecular formula is C18H19N3O2S2. The van der Waals surface area contributed by atoms with Crippen LogP contribution in [0.1, 0.15) is 4.88 Å². The molecule has 1 aliphatic rings. The molecule has 0 radical (unpaired) electrons. The molecule has 0 spiro atoms. The fraction of sp³-hybridized carbons (Fsp3) is 0.333. The maximum Gasteiger partial charge on any atom is 0.226 e. The summed E-state index contributed by atoms with van der Waals surface area (Å²) in [5, 5.41) is 6.07. The summed E-state index contributed by atoms with van der Waals surface area (Å²) in [4.78, 5) is 20.4. The van der Waals surface area contributed by atoms with Crippen molar-refractivity contribution in [1.82, 2.24) is 10.3 Å².